The maximum atomic E-state index is 11.8. The van der Waals surface area contributed by atoms with Gasteiger partial charge in [-0.25, -0.2) is 0 Å². The van der Waals surface area contributed by atoms with Crippen molar-refractivity contribution in [2.45, 2.75) is 47.1 Å². The van der Waals surface area contributed by atoms with Gasteiger partial charge in [-0.3, -0.25) is 9.59 Å². The summed E-state index contributed by atoms with van der Waals surface area (Å²) in [5, 5.41) is 2.72. The standard InChI is InChI=1S/C11H21NO2/c1-6-8(4)10(12-9(5)13)11(14)7(2)3/h7-8,10H,6H2,1-5H3,(H,12,13)/t8-,10?/m1/s1. The summed E-state index contributed by atoms with van der Waals surface area (Å²) in [6, 6.07) is -0.322. The van der Waals surface area contributed by atoms with E-state index in [1.165, 1.54) is 6.92 Å². The molecule has 1 unspecified atom stereocenters. The van der Waals surface area contributed by atoms with Gasteiger partial charge in [-0.05, 0) is 5.92 Å². The molecule has 0 fully saturated rings. The molecule has 3 nitrogen and oxygen atoms in total. The molecule has 0 rings (SSSR count). The minimum Gasteiger partial charge on any atom is -0.346 e. The summed E-state index contributed by atoms with van der Waals surface area (Å²) >= 11 is 0. The summed E-state index contributed by atoms with van der Waals surface area (Å²) in [4.78, 5) is 22.7. The maximum Gasteiger partial charge on any atom is 0.217 e. The van der Waals surface area contributed by atoms with Crippen LogP contribution < -0.4 is 5.32 Å². The lowest BCUT2D eigenvalue weighted by Crippen LogP contribution is -2.45. The van der Waals surface area contributed by atoms with Crippen molar-refractivity contribution >= 4 is 11.7 Å². The van der Waals surface area contributed by atoms with Crippen LogP contribution in [0.25, 0.3) is 0 Å². The molecule has 82 valence electrons. The summed E-state index contributed by atoms with van der Waals surface area (Å²) in [5.74, 6) is 0.161. The Kier molecular flexibility index (Phi) is 5.43. The lowest BCUT2D eigenvalue weighted by atomic mass is 9.90. The van der Waals surface area contributed by atoms with Crippen LogP contribution in [0, 0.1) is 11.8 Å². The molecule has 0 saturated carbocycles. The van der Waals surface area contributed by atoms with Gasteiger partial charge in [-0.15, -0.1) is 0 Å². The summed E-state index contributed by atoms with van der Waals surface area (Å²) < 4.78 is 0. The predicted octanol–water partition coefficient (Wildman–Crippen LogP) is 1.76. The minimum absolute atomic E-state index is 0.0270. The Bertz CT molecular complexity index is 211. The summed E-state index contributed by atoms with van der Waals surface area (Å²) in [5.41, 5.74) is 0. The second-order valence-electron chi connectivity index (χ2n) is 4.12. The maximum absolute atomic E-state index is 11.8. The molecule has 0 radical (unpaired) electrons. The van der Waals surface area contributed by atoms with Gasteiger partial charge >= 0.3 is 0 Å². The molecular formula is C11H21NO2. The molecule has 0 aliphatic rings. The van der Waals surface area contributed by atoms with Gasteiger partial charge in [0.1, 0.15) is 0 Å². The Morgan fingerprint density at radius 1 is 1.21 bits per heavy atom. The average Bonchev–Trinajstić information content (AvgIpc) is 2.11. The molecule has 0 aliphatic carbocycles. The van der Waals surface area contributed by atoms with E-state index >= 15 is 0 Å². The van der Waals surface area contributed by atoms with Crippen LogP contribution >= 0.6 is 0 Å². The molecule has 1 N–H and O–H groups in total. The molecule has 1 amide bonds. The first-order valence-electron chi connectivity index (χ1n) is 5.21. The lowest BCUT2D eigenvalue weighted by molar-refractivity contribution is -0.129. The molecule has 0 aromatic heterocycles. The van der Waals surface area contributed by atoms with Crippen LogP contribution in [0.3, 0.4) is 0 Å². The third kappa shape index (κ3) is 3.90. The van der Waals surface area contributed by atoms with Crippen molar-refractivity contribution in [1.82, 2.24) is 5.32 Å². The molecule has 14 heavy (non-hydrogen) atoms. The van der Waals surface area contributed by atoms with Crippen molar-refractivity contribution < 1.29 is 9.59 Å². The van der Waals surface area contributed by atoms with Gasteiger partial charge in [0.15, 0.2) is 5.78 Å². The van der Waals surface area contributed by atoms with E-state index in [-0.39, 0.29) is 29.6 Å². The molecule has 0 spiro atoms. The zero-order valence-corrected chi connectivity index (χ0v) is 9.76. The zero-order valence-electron chi connectivity index (χ0n) is 9.76. The quantitative estimate of drug-likeness (QED) is 0.733. The zero-order chi connectivity index (χ0) is 11.3. The van der Waals surface area contributed by atoms with E-state index in [0.29, 0.717) is 0 Å². The number of nitrogens with one attached hydrogen (secondary N) is 1. The number of ketones is 1. The highest BCUT2D eigenvalue weighted by Gasteiger charge is 2.26. The molecule has 0 heterocycles. The van der Waals surface area contributed by atoms with Crippen molar-refractivity contribution in [3.8, 4) is 0 Å². The Morgan fingerprint density at radius 2 is 1.71 bits per heavy atom. The van der Waals surface area contributed by atoms with E-state index in [4.69, 9.17) is 0 Å². The minimum atomic E-state index is -0.322. The number of carbonyl (C=O) groups is 2. The third-order valence-electron chi connectivity index (χ3n) is 2.45. The second kappa shape index (κ2) is 5.78. The molecule has 3 heteroatoms. The molecule has 0 aromatic carbocycles. The van der Waals surface area contributed by atoms with Gasteiger partial charge in [0.2, 0.25) is 5.91 Å². The summed E-state index contributed by atoms with van der Waals surface area (Å²) in [6.45, 7) is 9.18. The van der Waals surface area contributed by atoms with Crippen molar-refractivity contribution in [2.24, 2.45) is 11.8 Å². The van der Waals surface area contributed by atoms with Crippen LogP contribution in [0.1, 0.15) is 41.0 Å². The monoisotopic (exact) mass is 199 g/mol. The van der Waals surface area contributed by atoms with E-state index in [9.17, 15) is 9.59 Å². The Balaban J connectivity index is 4.54. The SMILES string of the molecule is CC[C@@H](C)C(NC(C)=O)C(=O)C(C)C. The normalized spacial score (nSPS) is 15.0. The topological polar surface area (TPSA) is 46.2 Å². The Hall–Kier alpha value is -0.860. The molecule has 0 aliphatic heterocycles. The predicted molar refractivity (Wildman–Crippen MR) is 56.9 cm³/mol. The van der Waals surface area contributed by atoms with E-state index in [2.05, 4.69) is 5.32 Å². The van der Waals surface area contributed by atoms with Gasteiger partial charge < -0.3 is 5.32 Å². The first-order chi connectivity index (χ1) is 6.40. The van der Waals surface area contributed by atoms with Crippen LogP contribution in [-0.2, 0) is 9.59 Å². The molecule has 0 saturated heterocycles. The van der Waals surface area contributed by atoms with E-state index in [1.54, 1.807) is 0 Å². The van der Waals surface area contributed by atoms with Gasteiger partial charge in [0.25, 0.3) is 0 Å². The first-order valence-corrected chi connectivity index (χ1v) is 5.21. The highest BCUT2D eigenvalue weighted by molar-refractivity contribution is 5.89. The van der Waals surface area contributed by atoms with Gasteiger partial charge in [-0.1, -0.05) is 34.1 Å². The number of rotatable bonds is 5. The number of amides is 1. The number of hydrogen-bond acceptors (Lipinski definition) is 2. The molecule has 0 aromatic rings. The fraction of sp³-hybridized carbons (Fsp3) is 0.818. The van der Waals surface area contributed by atoms with Crippen molar-refractivity contribution in [1.29, 1.82) is 0 Å². The van der Waals surface area contributed by atoms with Gasteiger partial charge in [0.05, 0.1) is 6.04 Å². The fourth-order valence-electron chi connectivity index (χ4n) is 1.31. The number of hydrogen-bond donors (Lipinski definition) is 1. The average molecular weight is 199 g/mol. The Morgan fingerprint density at radius 3 is 2.00 bits per heavy atom. The van der Waals surface area contributed by atoms with Crippen LogP contribution in [0.5, 0.6) is 0 Å². The van der Waals surface area contributed by atoms with Crippen molar-refractivity contribution in [2.75, 3.05) is 0 Å². The van der Waals surface area contributed by atoms with E-state index in [0.717, 1.165) is 6.42 Å². The van der Waals surface area contributed by atoms with E-state index < -0.39 is 0 Å². The summed E-state index contributed by atoms with van der Waals surface area (Å²) in [6.07, 6.45) is 0.892. The third-order valence-corrected chi connectivity index (χ3v) is 2.45. The summed E-state index contributed by atoms with van der Waals surface area (Å²) in [7, 11) is 0. The highest BCUT2D eigenvalue weighted by atomic mass is 16.2. The van der Waals surface area contributed by atoms with Crippen molar-refractivity contribution in [3.05, 3.63) is 0 Å². The van der Waals surface area contributed by atoms with Crippen molar-refractivity contribution in [3.63, 3.8) is 0 Å². The lowest BCUT2D eigenvalue weighted by Gasteiger charge is -2.24. The number of Topliss-reactive ketones (excluding diaryl/α,β-unsaturated/α-hetero) is 1. The van der Waals surface area contributed by atoms with Crippen LogP contribution in [0.4, 0.5) is 0 Å². The van der Waals surface area contributed by atoms with Crippen LogP contribution in [0.15, 0.2) is 0 Å². The highest BCUT2D eigenvalue weighted by Crippen LogP contribution is 2.12. The van der Waals surface area contributed by atoms with Crippen LogP contribution in [0.2, 0.25) is 0 Å². The number of carbonyl (C=O) groups excluding carboxylic acids is 2. The second-order valence-corrected chi connectivity index (χ2v) is 4.12. The smallest absolute Gasteiger partial charge is 0.217 e. The molecule has 2 atom stereocenters. The van der Waals surface area contributed by atoms with Gasteiger partial charge in [-0.2, -0.15) is 0 Å². The molecular weight excluding hydrogens is 178 g/mol. The fourth-order valence-corrected chi connectivity index (χ4v) is 1.31. The Labute approximate surface area is 86.3 Å². The van der Waals surface area contributed by atoms with E-state index in [1.807, 2.05) is 27.7 Å². The first kappa shape index (κ1) is 13.1. The van der Waals surface area contributed by atoms with Crippen LogP contribution in [-0.4, -0.2) is 17.7 Å². The van der Waals surface area contributed by atoms with Gasteiger partial charge in [0, 0.05) is 12.8 Å². The largest absolute Gasteiger partial charge is 0.346 e. The molecule has 0 bridgehead atoms.